The Balaban J connectivity index is 1.76. The lowest BCUT2D eigenvalue weighted by atomic mass is 10.1. The lowest BCUT2D eigenvalue weighted by Gasteiger charge is -2.05. The molecular formula is C22H10BrClN2S2. The number of rotatable bonds is 1. The molecule has 0 aliphatic carbocycles. The second kappa shape index (κ2) is 6.22. The van der Waals surface area contributed by atoms with E-state index in [0.29, 0.717) is 0 Å². The zero-order valence-corrected chi connectivity index (χ0v) is 18.2. The molecule has 0 radical (unpaired) electrons. The Hall–Kier alpha value is -2.05. The van der Waals surface area contributed by atoms with E-state index >= 15 is 0 Å². The SMILES string of the molecule is Clc1nc(-c2cccc3c2sc2ccccc23)c2sc3ccc(Br)cc3c2n1. The summed E-state index contributed by atoms with van der Waals surface area (Å²) in [5.41, 5.74) is 2.93. The summed E-state index contributed by atoms with van der Waals surface area (Å²) in [5.74, 6) is 0. The van der Waals surface area contributed by atoms with E-state index in [4.69, 9.17) is 11.6 Å². The smallest absolute Gasteiger partial charge is 0.216 e. The molecule has 3 aromatic heterocycles. The highest BCUT2D eigenvalue weighted by atomic mass is 79.9. The summed E-state index contributed by atoms with van der Waals surface area (Å²) >= 11 is 13.5. The van der Waals surface area contributed by atoms with Gasteiger partial charge in [0.1, 0.15) is 0 Å². The van der Waals surface area contributed by atoms with Crippen molar-refractivity contribution < 1.29 is 0 Å². The van der Waals surface area contributed by atoms with Crippen LogP contribution in [0.15, 0.2) is 65.1 Å². The molecule has 0 fully saturated rings. The Morgan fingerprint density at radius 1 is 0.750 bits per heavy atom. The second-order valence-electron chi connectivity index (χ2n) is 6.54. The molecule has 0 saturated heterocycles. The Morgan fingerprint density at radius 3 is 2.46 bits per heavy atom. The molecule has 2 nitrogen and oxygen atoms in total. The Kier molecular flexibility index (Phi) is 3.75. The molecule has 0 amide bonds. The lowest BCUT2D eigenvalue weighted by Crippen LogP contribution is -1.89. The summed E-state index contributed by atoms with van der Waals surface area (Å²) in [6.07, 6.45) is 0. The molecule has 28 heavy (non-hydrogen) atoms. The number of hydrogen-bond donors (Lipinski definition) is 0. The molecule has 0 saturated carbocycles. The van der Waals surface area contributed by atoms with E-state index in [2.05, 4.69) is 86.6 Å². The highest BCUT2D eigenvalue weighted by Gasteiger charge is 2.18. The van der Waals surface area contributed by atoms with E-state index in [0.717, 1.165) is 31.3 Å². The maximum absolute atomic E-state index is 6.37. The van der Waals surface area contributed by atoms with E-state index in [1.54, 1.807) is 22.7 Å². The van der Waals surface area contributed by atoms with Gasteiger partial charge in [0.25, 0.3) is 0 Å². The van der Waals surface area contributed by atoms with Gasteiger partial charge in [-0.3, -0.25) is 0 Å². The van der Waals surface area contributed by atoms with E-state index in [9.17, 15) is 0 Å². The Bertz CT molecular complexity index is 1550. The maximum Gasteiger partial charge on any atom is 0.223 e. The first-order chi connectivity index (χ1) is 13.7. The van der Waals surface area contributed by atoms with Crippen molar-refractivity contribution in [3.63, 3.8) is 0 Å². The largest absolute Gasteiger partial charge is 0.223 e. The monoisotopic (exact) mass is 480 g/mol. The predicted octanol–water partition coefficient (Wildman–Crippen LogP) is 8.30. The minimum atomic E-state index is 0.278. The van der Waals surface area contributed by atoms with Crippen LogP contribution in [0.4, 0.5) is 0 Å². The van der Waals surface area contributed by atoms with E-state index in [-0.39, 0.29) is 5.28 Å². The van der Waals surface area contributed by atoms with Crippen molar-refractivity contribution in [1.29, 1.82) is 0 Å². The van der Waals surface area contributed by atoms with Crippen molar-refractivity contribution in [2.75, 3.05) is 0 Å². The molecule has 0 bridgehead atoms. The van der Waals surface area contributed by atoms with Gasteiger partial charge in [0, 0.05) is 40.3 Å². The summed E-state index contributed by atoms with van der Waals surface area (Å²) < 4.78 is 5.80. The summed E-state index contributed by atoms with van der Waals surface area (Å²) in [6.45, 7) is 0. The molecular weight excluding hydrogens is 472 g/mol. The van der Waals surface area contributed by atoms with Gasteiger partial charge in [-0.25, -0.2) is 9.97 Å². The number of hydrogen-bond acceptors (Lipinski definition) is 4. The number of benzene rings is 3. The van der Waals surface area contributed by atoms with Gasteiger partial charge in [-0.05, 0) is 35.9 Å². The van der Waals surface area contributed by atoms with Gasteiger partial charge < -0.3 is 0 Å². The highest BCUT2D eigenvalue weighted by Crippen LogP contribution is 2.44. The zero-order valence-electron chi connectivity index (χ0n) is 14.2. The van der Waals surface area contributed by atoms with Crippen LogP contribution in [0, 0.1) is 0 Å². The number of aromatic nitrogens is 2. The molecule has 6 rings (SSSR count). The molecule has 6 heteroatoms. The zero-order chi connectivity index (χ0) is 18.8. The number of thiophene rings is 2. The average Bonchev–Trinajstić information content (AvgIpc) is 3.25. The minimum absolute atomic E-state index is 0.278. The third-order valence-corrected chi connectivity index (χ3v) is 7.96. The molecule has 0 aliphatic rings. The topological polar surface area (TPSA) is 25.8 Å². The van der Waals surface area contributed by atoms with Crippen LogP contribution in [0.25, 0.3) is 51.7 Å². The van der Waals surface area contributed by atoms with Gasteiger partial charge in [0.2, 0.25) is 5.28 Å². The fourth-order valence-corrected chi connectivity index (χ4v) is 6.58. The van der Waals surface area contributed by atoms with Crippen molar-refractivity contribution in [1.82, 2.24) is 9.97 Å². The van der Waals surface area contributed by atoms with Crippen molar-refractivity contribution in [2.45, 2.75) is 0 Å². The van der Waals surface area contributed by atoms with Crippen LogP contribution in [0.5, 0.6) is 0 Å². The van der Waals surface area contributed by atoms with Gasteiger partial charge in [-0.2, -0.15) is 0 Å². The van der Waals surface area contributed by atoms with Gasteiger partial charge >= 0.3 is 0 Å². The summed E-state index contributed by atoms with van der Waals surface area (Å²) in [7, 11) is 0. The first-order valence-corrected chi connectivity index (χ1v) is 11.5. The van der Waals surface area contributed by atoms with E-state index in [1.807, 2.05) is 0 Å². The van der Waals surface area contributed by atoms with Crippen molar-refractivity contribution in [3.05, 3.63) is 70.4 Å². The predicted molar refractivity (Wildman–Crippen MR) is 126 cm³/mol. The highest BCUT2D eigenvalue weighted by molar-refractivity contribution is 9.10. The molecule has 0 unspecified atom stereocenters. The van der Waals surface area contributed by atoms with Crippen LogP contribution in [0.3, 0.4) is 0 Å². The first kappa shape index (κ1) is 16.9. The minimum Gasteiger partial charge on any atom is -0.216 e. The standard InChI is InChI=1S/C22H10BrClN2S2/c23-11-8-9-17-15(10-11)19-21(28-17)18(25-22(24)26-19)14-6-3-5-13-12-4-1-2-7-16(12)27-20(13)14/h1-10H. The van der Waals surface area contributed by atoms with E-state index < -0.39 is 0 Å². The van der Waals surface area contributed by atoms with E-state index in [1.165, 1.54) is 24.9 Å². The van der Waals surface area contributed by atoms with Gasteiger partial charge in [-0.1, -0.05) is 52.3 Å². The molecule has 3 aromatic carbocycles. The first-order valence-electron chi connectivity index (χ1n) is 8.65. The third-order valence-electron chi connectivity index (χ3n) is 4.91. The van der Waals surface area contributed by atoms with Gasteiger partial charge in [-0.15, -0.1) is 22.7 Å². The molecule has 0 N–H and O–H groups in total. The number of nitrogens with zero attached hydrogens (tertiary/aromatic N) is 2. The summed E-state index contributed by atoms with van der Waals surface area (Å²) in [5, 5.41) is 3.91. The third kappa shape index (κ3) is 2.44. The van der Waals surface area contributed by atoms with Gasteiger partial charge in [0.15, 0.2) is 0 Å². The molecule has 0 spiro atoms. The van der Waals surface area contributed by atoms with Crippen molar-refractivity contribution in [3.8, 4) is 11.3 Å². The van der Waals surface area contributed by atoms with Crippen molar-refractivity contribution in [2.24, 2.45) is 0 Å². The molecule has 0 atom stereocenters. The average molecular weight is 482 g/mol. The van der Waals surface area contributed by atoms with Crippen molar-refractivity contribution >= 4 is 90.7 Å². The van der Waals surface area contributed by atoms with Crippen LogP contribution in [-0.2, 0) is 0 Å². The quantitative estimate of drug-likeness (QED) is 0.221. The van der Waals surface area contributed by atoms with Crippen LogP contribution < -0.4 is 0 Å². The van der Waals surface area contributed by atoms with Crippen LogP contribution in [-0.4, -0.2) is 9.97 Å². The van der Waals surface area contributed by atoms with Gasteiger partial charge in [0.05, 0.1) is 15.9 Å². The summed E-state index contributed by atoms with van der Waals surface area (Å²) in [4.78, 5) is 9.23. The Labute approximate surface area is 181 Å². The normalized spacial score (nSPS) is 11.9. The molecule has 134 valence electrons. The van der Waals surface area contributed by atoms with Crippen LogP contribution in [0.2, 0.25) is 5.28 Å². The lowest BCUT2D eigenvalue weighted by molar-refractivity contribution is 1.24. The fourth-order valence-electron chi connectivity index (χ4n) is 3.70. The number of halogens is 2. The summed E-state index contributed by atoms with van der Waals surface area (Å²) in [6, 6.07) is 21.2. The van der Waals surface area contributed by atoms with Crippen LogP contribution in [0.1, 0.15) is 0 Å². The molecule has 0 aliphatic heterocycles. The van der Waals surface area contributed by atoms with Crippen LogP contribution >= 0.6 is 50.2 Å². The fraction of sp³-hybridized carbons (Fsp3) is 0. The number of fused-ring (bicyclic) bond motifs is 6. The molecule has 6 aromatic rings. The Morgan fingerprint density at radius 2 is 1.54 bits per heavy atom. The molecule has 3 heterocycles. The second-order valence-corrected chi connectivity index (χ2v) is 9.90. The maximum atomic E-state index is 6.37.